The molecular weight excluding hydrogens is 154 g/mol. The largest absolute Gasteiger partial charge is 0.383 e. The molecule has 3 heteroatoms. The first kappa shape index (κ1) is 9.96. The molecule has 0 aromatic heterocycles. The van der Waals surface area contributed by atoms with E-state index in [4.69, 9.17) is 9.47 Å². The summed E-state index contributed by atoms with van der Waals surface area (Å²) >= 11 is 0. The van der Waals surface area contributed by atoms with Crippen molar-refractivity contribution in [2.24, 2.45) is 0 Å². The van der Waals surface area contributed by atoms with Gasteiger partial charge in [0.25, 0.3) is 0 Å². The third-order valence-corrected chi connectivity index (χ3v) is 2.38. The first-order valence-corrected chi connectivity index (χ1v) is 4.60. The minimum atomic E-state index is 0.461. The Hall–Kier alpha value is -0.120. The van der Waals surface area contributed by atoms with Gasteiger partial charge in [0.05, 0.1) is 19.3 Å². The average molecular weight is 173 g/mol. The van der Waals surface area contributed by atoms with Crippen molar-refractivity contribution in [3.8, 4) is 0 Å². The molecule has 1 rings (SSSR count). The Labute approximate surface area is 74.6 Å². The Morgan fingerprint density at radius 2 is 1.58 bits per heavy atom. The first-order valence-electron chi connectivity index (χ1n) is 4.60. The molecule has 0 aromatic carbocycles. The fraction of sp³-hybridized carbons (Fsp3) is 1.00. The van der Waals surface area contributed by atoms with Crippen LogP contribution in [0.25, 0.3) is 0 Å². The molecule has 0 spiro atoms. The number of nitrogens with zero attached hydrogens (tertiary/aromatic N) is 1. The van der Waals surface area contributed by atoms with Gasteiger partial charge in [0.15, 0.2) is 0 Å². The van der Waals surface area contributed by atoms with E-state index >= 15 is 0 Å². The van der Waals surface area contributed by atoms with E-state index in [1.807, 2.05) is 0 Å². The summed E-state index contributed by atoms with van der Waals surface area (Å²) in [6.45, 7) is 3.98. The lowest BCUT2D eigenvalue weighted by atomic mass is 10.3. The highest BCUT2D eigenvalue weighted by Gasteiger charge is 2.21. The predicted octanol–water partition coefficient (Wildman–Crippen LogP) is 0.744. The monoisotopic (exact) mass is 173 g/mol. The van der Waals surface area contributed by atoms with Gasteiger partial charge < -0.3 is 9.47 Å². The summed E-state index contributed by atoms with van der Waals surface area (Å²) in [6.07, 6.45) is 2.65. The van der Waals surface area contributed by atoms with E-state index in [0.717, 1.165) is 13.2 Å². The van der Waals surface area contributed by atoms with E-state index < -0.39 is 0 Å². The summed E-state index contributed by atoms with van der Waals surface area (Å²) in [5.74, 6) is 0. The van der Waals surface area contributed by atoms with Gasteiger partial charge in [0, 0.05) is 14.2 Å². The Bertz CT molecular complexity index is 107. The number of likely N-dealkylation sites (tertiary alicyclic amines) is 1. The SMILES string of the molecule is COCC(COC)N1CCCC1. The van der Waals surface area contributed by atoms with E-state index in [1.165, 1.54) is 25.9 Å². The van der Waals surface area contributed by atoms with Gasteiger partial charge in [-0.25, -0.2) is 0 Å². The molecule has 0 bridgehead atoms. The number of hydrogen-bond acceptors (Lipinski definition) is 3. The molecule has 0 radical (unpaired) electrons. The van der Waals surface area contributed by atoms with Crippen LogP contribution >= 0.6 is 0 Å². The minimum Gasteiger partial charge on any atom is -0.383 e. The van der Waals surface area contributed by atoms with E-state index in [-0.39, 0.29) is 0 Å². The molecule has 1 heterocycles. The molecule has 0 aromatic rings. The van der Waals surface area contributed by atoms with Crippen LogP contribution in [0.2, 0.25) is 0 Å². The molecule has 1 aliphatic heterocycles. The van der Waals surface area contributed by atoms with Crippen LogP contribution in [0.3, 0.4) is 0 Å². The van der Waals surface area contributed by atoms with Crippen LogP contribution in [0.15, 0.2) is 0 Å². The minimum absolute atomic E-state index is 0.461. The molecule has 1 saturated heterocycles. The van der Waals surface area contributed by atoms with Crippen molar-refractivity contribution in [1.29, 1.82) is 0 Å². The van der Waals surface area contributed by atoms with Gasteiger partial charge in [0.2, 0.25) is 0 Å². The molecule has 0 N–H and O–H groups in total. The summed E-state index contributed by atoms with van der Waals surface area (Å²) in [5, 5.41) is 0. The fourth-order valence-electron chi connectivity index (χ4n) is 1.75. The Balaban J connectivity index is 2.29. The van der Waals surface area contributed by atoms with Crippen molar-refractivity contribution in [2.45, 2.75) is 18.9 Å². The summed E-state index contributed by atoms with van der Waals surface area (Å²) in [7, 11) is 3.50. The number of ether oxygens (including phenoxy) is 2. The Kier molecular flexibility index (Phi) is 4.58. The smallest absolute Gasteiger partial charge is 0.0640 e. The highest BCUT2D eigenvalue weighted by atomic mass is 16.5. The molecule has 1 fully saturated rings. The molecule has 72 valence electrons. The highest BCUT2D eigenvalue weighted by molar-refractivity contribution is 4.75. The summed E-state index contributed by atoms with van der Waals surface area (Å²) in [6, 6.07) is 0.461. The van der Waals surface area contributed by atoms with Crippen LogP contribution in [-0.4, -0.2) is 51.5 Å². The lowest BCUT2D eigenvalue weighted by molar-refractivity contribution is 0.0471. The molecule has 0 unspecified atom stereocenters. The zero-order valence-electron chi connectivity index (χ0n) is 8.08. The second-order valence-electron chi connectivity index (χ2n) is 3.31. The van der Waals surface area contributed by atoms with Crippen LogP contribution < -0.4 is 0 Å². The maximum absolute atomic E-state index is 5.15. The topological polar surface area (TPSA) is 21.7 Å². The Morgan fingerprint density at radius 3 is 2.00 bits per heavy atom. The Morgan fingerprint density at radius 1 is 1.08 bits per heavy atom. The molecule has 0 amide bonds. The first-order chi connectivity index (χ1) is 5.88. The molecule has 1 aliphatic rings. The maximum Gasteiger partial charge on any atom is 0.0640 e. The summed E-state index contributed by atoms with van der Waals surface area (Å²) in [5.41, 5.74) is 0. The number of methoxy groups -OCH3 is 2. The molecular formula is C9H19NO2. The van der Waals surface area contributed by atoms with Gasteiger partial charge in [-0.3, -0.25) is 4.90 Å². The van der Waals surface area contributed by atoms with Crippen molar-refractivity contribution < 1.29 is 9.47 Å². The van der Waals surface area contributed by atoms with Crippen LogP contribution in [-0.2, 0) is 9.47 Å². The van der Waals surface area contributed by atoms with Crippen molar-refractivity contribution in [2.75, 3.05) is 40.5 Å². The van der Waals surface area contributed by atoms with Gasteiger partial charge in [-0.05, 0) is 25.9 Å². The molecule has 12 heavy (non-hydrogen) atoms. The molecule has 0 aliphatic carbocycles. The van der Waals surface area contributed by atoms with Gasteiger partial charge in [-0.1, -0.05) is 0 Å². The standard InChI is InChI=1S/C9H19NO2/c1-11-7-9(8-12-2)10-5-3-4-6-10/h9H,3-8H2,1-2H3. The normalized spacial score (nSPS) is 19.2. The van der Waals surface area contributed by atoms with Crippen molar-refractivity contribution >= 4 is 0 Å². The second-order valence-corrected chi connectivity index (χ2v) is 3.31. The van der Waals surface area contributed by atoms with Gasteiger partial charge in [-0.15, -0.1) is 0 Å². The van der Waals surface area contributed by atoms with Crippen LogP contribution in [0.5, 0.6) is 0 Å². The predicted molar refractivity (Wildman–Crippen MR) is 48.3 cm³/mol. The molecule has 0 saturated carbocycles. The van der Waals surface area contributed by atoms with Crippen molar-refractivity contribution in [3.05, 3.63) is 0 Å². The quantitative estimate of drug-likeness (QED) is 0.612. The zero-order valence-corrected chi connectivity index (χ0v) is 8.08. The maximum atomic E-state index is 5.15. The van der Waals surface area contributed by atoms with Crippen molar-refractivity contribution in [3.63, 3.8) is 0 Å². The third-order valence-electron chi connectivity index (χ3n) is 2.38. The fourth-order valence-corrected chi connectivity index (χ4v) is 1.75. The van der Waals surface area contributed by atoms with Gasteiger partial charge in [-0.2, -0.15) is 0 Å². The zero-order chi connectivity index (χ0) is 8.81. The highest BCUT2D eigenvalue weighted by Crippen LogP contribution is 2.11. The lowest BCUT2D eigenvalue weighted by Gasteiger charge is -2.25. The average Bonchev–Trinajstić information content (AvgIpc) is 2.56. The van der Waals surface area contributed by atoms with E-state index in [9.17, 15) is 0 Å². The van der Waals surface area contributed by atoms with Crippen LogP contribution in [0, 0.1) is 0 Å². The summed E-state index contributed by atoms with van der Waals surface area (Å²) in [4.78, 5) is 2.45. The van der Waals surface area contributed by atoms with Gasteiger partial charge in [0.1, 0.15) is 0 Å². The molecule has 0 atom stereocenters. The van der Waals surface area contributed by atoms with E-state index in [2.05, 4.69) is 4.90 Å². The number of hydrogen-bond donors (Lipinski definition) is 0. The lowest BCUT2D eigenvalue weighted by Crippen LogP contribution is -2.39. The number of rotatable bonds is 5. The third kappa shape index (κ3) is 2.73. The van der Waals surface area contributed by atoms with E-state index in [1.54, 1.807) is 14.2 Å². The van der Waals surface area contributed by atoms with Crippen LogP contribution in [0.4, 0.5) is 0 Å². The van der Waals surface area contributed by atoms with Crippen molar-refractivity contribution in [1.82, 2.24) is 4.90 Å². The second kappa shape index (κ2) is 5.51. The van der Waals surface area contributed by atoms with Gasteiger partial charge >= 0.3 is 0 Å². The molecule has 3 nitrogen and oxygen atoms in total. The summed E-state index contributed by atoms with van der Waals surface area (Å²) < 4.78 is 10.3. The van der Waals surface area contributed by atoms with E-state index in [0.29, 0.717) is 6.04 Å². The van der Waals surface area contributed by atoms with Crippen LogP contribution in [0.1, 0.15) is 12.8 Å².